The fraction of sp³-hybridized carbons (Fsp3) is 0.273. The molecule has 5 nitrogen and oxygen atoms in total. The topological polar surface area (TPSA) is 61.8 Å². The fourth-order valence-electron chi connectivity index (χ4n) is 4.33. The number of rotatable bonds is 4. The highest BCUT2D eigenvalue weighted by Gasteiger charge is 2.43. The van der Waals surface area contributed by atoms with Crippen LogP contribution in [-0.2, 0) is 9.53 Å². The van der Waals surface area contributed by atoms with Crippen LogP contribution in [0, 0.1) is 0 Å². The van der Waals surface area contributed by atoms with Crippen LogP contribution in [0.5, 0.6) is 11.5 Å². The lowest BCUT2D eigenvalue weighted by Gasteiger charge is -2.24. The Hall–Kier alpha value is -3.08. The summed E-state index contributed by atoms with van der Waals surface area (Å²) in [6, 6.07) is 7.45. The molecule has 5 heteroatoms. The molecule has 0 aliphatic heterocycles. The van der Waals surface area contributed by atoms with Gasteiger partial charge in [-0.25, -0.2) is 9.59 Å². The van der Waals surface area contributed by atoms with Crippen molar-refractivity contribution in [3.05, 3.63) is 59.7 Å². The van der Waals surface area contributed by atoms with Crippen molar-refractivity contribution in [2.75, 3.05) is 7.11 Å². The van der Waals surface area contributed by atoms with Crippen LogP contribution < -0.4 is 9.47 Å². The third-order valence-corrected chi connectivity index (χ3v) is 5.40. The third kappa shape index (κ3) is 2.62. The van der Waals surface area contributed by atoms with Gasteiger partial charge in [0.15, 0.2) is 0 Å². The van der Waals surface area contributed by atoms with Gasteiger partial charge < -0.3 is 14.2 Å². The lowest BCUT2D eigenvalue weighted by molar-refractivity contribution is -0.128. The molecular formula is C22H20O5. The van der Waals surface area contributed by atoms with Crippen LogP contribution in [0.3, 0.4) is 0 Å². The molecule has 0 heterocycles. The molecular weight excluding hydrogens is 344 g/mol. The molecule has 2 aromatic rings. The van der Waals surface area contributed by atoms with Crippen molar-refractivity contribution >= 4 is 22.9 Å². The molecule has 2 unspecified atom stereocenters. The van der Waals surface area contributed by atoms with Crippen LogP contribution >= 0.6 is 0 Å². The second-order valence-electron chi connectivity index (χ2n) is 6.70. The van der Waals surface area contributed by atoms with Crippen molar-refractivity contribution in [1.82, 2.24) is 0 Å². The number of esters is 1. The van der Waals surface area contributed by atoms with E-state index >= 15 is 0 Å². The van der Waals surface area contributed by atoms with Crippen molar-refractivity contribution in [2.24, 2.45) is 0 Å². The largest absolute Gasteiger partial charge is 0.513 e. The Labute approximate surface area is 157 Å². The summed E-state index contributed by atoms with van der Waals surface area (Å²) in [7, 11) is 1.28. The molecule has 4 rings (SSSR count). The van der Waals surface area contributed by atoms with Gasteiger partial charge in [0.25, 0.3) is 0 Å². The summed E-state index contributed by atoms with van der Waals surface area (Å²) < 4.78 is 16.0. The summed E-state index contributed by atoms with van der Waals surface area (Å²) in [5.74, 6) is 0.811. The highest BCUT2D eigenvalue weighted by molar-refractivity contribution is 6.00. The number of carbonyl (C=O) groups excluding carboxylic acids is 2. The summed E-state index contributed by atoms with van der Waals surface area (Å²) >= 11 is 0. The van der Waals surface area contributed by atoms with Crippen molar-refractivity contribution in [3.8, 4) is 11.5 Å². The van der Waals surface area contributed by atoms with Gasteiger partial charge in [0.2, 0.25) is 0 Å². The molecule has 0 radical (unpaired) electrons. The number of hydrogen-bond donors (Lipinski definition) is 0. The number of carbonyl (C=O) groups is 2. The Morgan fingerprint density at radius 3 is 2.41 bits per heavy atom. The number of methoxy groups -OCH3 is 1. The van der Waals surface area contributed by atoms with Crippen LogP contribution in [0.15, 0.2) is 48.6 Å². The number of allylic oxidation sites excluding steroid dienone is 2. The van der Waals surface area contributed by atoms with Gasteiger partial charge in [0.05, 0.1) is 7.11 Å². The van der Waals surface area contributed by atoms with Crippen molar-refractivity contribution in [2.45, 2.75) is 31.6 Å². The molecule has 2 atom stereocenters. The fourth-order valence-corrected chi connectivity index (χ4v) is 4.33. The van der Waals surface area contributed by atoms with E-state index in [1.165, 1.54) is 12.7 Å². The van der Waals surface area contributed by atoms with Crippen LogP contribution in [0.1, 0.15) is 42.7 Å². The summed E-state index contributed by atoms with van der Waals surface area (Å²) in [6.07, 6.45) is 4.45. The van der Waals surface area contributed by atoms with Gasteiger partial charge in [-0.3, -0.25) is 0 Å². The van der Waals surface area contributed by atoms with Crippen molar-refractivity contribution < 1.29 is 23.8 Å². The smallest absolute Gasteiger partial charge is 0.437 e. The molecule has 0 aromatic heterocycles. The predicted octanol–water partition coefficient (Wildman–Crippen LogP) is 5.00. The van der Waals surface area contributed by atoms with Crippen LogP contribution in [0.25, 0.3) is 10.8 Å². The van der Waals surface area contributed by atoms with Gasteiger partial charge in [-0.05, 0) is 12.8 Å². The minimum atomic E-state index is -0.763. The molecule has 0 amide bonds. The quantitative estimate of drug-likeness (QED) is 0.251. The number of ether oxygens (including phenoxy) is 3. The number of fused-ring (bicyclic) bond motifs is 6. The Kier molecular flexibility index (Phi) is 4.22. The maximum atomic E-state index is 12.0. The van der Waals surface area contributed by atoms with E-state index < -0.39 is 12.1 Å². The Morgan fingerprint density at radius 1 is 1.15 bits per heavy atom. The maximum Gasteiger partial charge on any atom is 0.513 e. The monoisotopic (exact) mass is 364 g/mol. The molecule has 0 saturated heterocycles. The van der Waals surface area contributed by atoms with E-state index in [4.69, 9.17) is 14.2 Å². The summed E-state index contributed by atoms with van der Waals surface area (Å²) in [6.45, 7) is 5.63. The van der Waals surface area contributed by atoms with Gasteiger partial charge in [-0.15, -0.1) is 0 Å². The predicted molar refractivity (Wildman–Crippen MR) is 101 cm³/mol. The zero-order valence-electron chi connectivity index (χ0n) is 15.3. The Balaban J connectivity index is 2.03. The van der Waals surface area contributed by atoms with E-state index in [-0.39, 0.29) is 11.8 Å². The molecule has 2 aliphatic carbocycles. The van der Waals surface area contributed by atoms with Gasteiger partial charge in [0.1, 0.15) is 11.5 Å². The first-order chi connectivity index (χ1) is 13.1. The Bertz CT molecular complexity index is 1000. The molecule has 27 heavy (non-hydrogen) atoms. The molecule has 2 aromatic carbocycles. The van der Waals surface area contributed by atoms with Gasteiger partial charge in [0, 0.05) is 39.8 Å². The third-order valence-electron chi connectivity index (χ3n) is 5.40. The minimum Gasteiger partial charge on any atom is -0.437 e. The average molecular weight is 364 g/mol. The Morgan fingerprint density at radius 2 is 1.81 bits per heavy atom. The SMILES string of the molecule is C=CC(=O)Oc1c2c(c(OC(=O)OC)c3ccccc13)C1C=C(CC)C2C1. The molecule has 0 fully saturated rings. The first kappa shape index (κ1) is 17.3. The lowest BCUT2D eigenvalue weighted by atomic mass is 9.86. The van der Waals surface area contributed by atoms with E-state index in [9.17, 15) is 9.59 Å². The maximum absolute atomic E-state index is 12.0. The zero-order valence-corrected chi connectivity index (χ0v) is 15.3. The summed E-state index contributed by atoms with van der Waals surface area (Å²) in [5.41, 5.74) is 3.17. The molecule has 0 N–H and O–H groups in total. The number of benzene rings is 2. The van der Waals surface area contributed by atoms with E-state index in [0.717, 1.165) is 35.4 Å². The van der Waals surface area contributed by atoms with Gasteiger partial charge in [-0.2, -0.15) is 0 Å². The van der Waals surface area contributed by atoms with Crippen LogP contribution in [0.2, 0.25) is 0 Å². The minimum absolute atomic E-state index is 0.130. The summed E-state index contributed by atoms with van der Waals surface area (Å²) in [5, 5.41) is 1.45. The molecule has 0 saturated carbocycles. The van der Waals surface area contributed by atoms with E-state index in [0.29, 0.717) is 16.9 Å². The lowest BCUT2D eigenvalue weighted by Crippen LogP contribution is -2.13. The molecule has 2 aliphatic rings. The van der Waals surface area contributed by atoms with Gasteiger partial charge >= 0.3 is 12.1 Å². The summed E-state index contributed by atoms with van der Waals surface area (Å²) in [4.78, 5) is 23.9. The molecule has 138 valence electrons. The molecule has 0 spiro atoms. The second-order valence-corrected chi connectivity index (χ2v) is 6.70. The average Bonchev–Trinajstić information content (AvgIpc) is 3.28. The van der Waals surface area contributed by atoms with E-state index in [1.807, 2.05) is 24.3 Å². The van der Waals surface area contributed by atoms with Crippen LogP contribution in [-0.4, -0.2) is 19.2 Å². The van der Waals surface area contributed by atoms with E-state index in [1.54, 1.807) is 0 Å². The van der Waals surface area contributed by atoms with Crippen molar-refractivity contribution in [3.63, 3.8) is 0 Å². The second kappa shape index (κ2) is 6.58. The van der Waals surface area contributed by atoms with Crippen LogP contribution in [0.4, 0.5) is 4.79 Å². The number of hydrogen-bond acceptors (Lipinski definition) is 5. The first-order valence-electron chi connectivity index (χ1n) is 8.98. The standard InChI is InChI=1S/C22H20O5/c1-4-12-10-13-11-16(12)19-18(13)20(27-22(24)25-3)14-8-6-7-9-15(14)21(19)26-17(23)5-2/h5-10,13,16H,2,4,11H2,1,3H3. The highest BCUT2D eigenvalue weighted by Crippen LogP contribution is 2.61. The first-order valence-corrected chi connectivity index (χ1v) is 8.98. The molecule has 2 bridgehead atoms. The normalized spacial score (nSPS) is 19.4. The van der Waals surface area contributed by atoms with E-state index in [2.05, 4.69) is 19.6 Å². The highest BCUT2D eigenvalue weighted by atomic mass is 16.7. The van der Waals surface area contributed by atoms with Gasteiger partial charge in [-0.1, -0.05) is 49.4 Å². The van der Waals surface area contributed by atoms with Crippen molar-refractivity contribution in [1.29, 1.82) is 0 Å². The zero-order chi connectivity index (χ0) is 19.1.